The molecule has 1 atom stereocenters. The van der Waals surface area contributed by atoms with Gasteiger partial charge in [-0.05, 0) is 30.1 Å². The molecule has 2 rings (SSSR count). The molecule has 0 saturated carbocycles. The Hall–Kier alpha value is -0.545. The van der Waals surface area contributed by atoms with E-state index >= 15 is 0 Å². The molecular formula is C12H11BBrClO2. The van der Waals surface area contributed by atoms with Crippen LogP contribution in [-0.2, 0) is 4.65 Å². The van der Waals surface area contributed by atoms with Gasteiger partial charge in [0.25, 0.3) is 0 Å². The van der Waals surface area contributed by atoms with Crippen LogP contribution in [0.4, 0.5) is 0 Å². The lowest BCUT2D eigenvalue weighted by atomic mass is 9.79. The molecule has 1 N–H and O–H groups in total. The lowest BCUT2D eigenvalue weighted by Crippen LogP contribution is -2.37. The van der Waals surface area contributed by atoms with E-state index in [0.29, 0.717) is 10.5 Å². The van der Waals surface area contributed by atoms with E-state index in [9.17, 15) is 5.02 Å². The fraction of sp³-hybridized carbons (Fsp3) is 0.167. The summed E-state index contributed by atoms with van der Waals surface area (Å²) >= 11 is 9.20. The molecule has 2 nitrogen and oxygen atoms in total. The lowest BCUT2D eigenvalue weighted by Gasteiger charge is -2.20. The molecule has 0 heterocycles. The van der Waals surface area contributed by atoms with Crippen LogP contribution in [0.2, 0.25) is 5.02 Å². The van der Waals surface area contributed by atoms with Crippen LogP contribution in [0.25, 0.3) is 0 Å². The third-order valence-corrected chi connectivity index (χ3v) is 3.52. The zero-order valence-electron chi connectivity index (χ0n) is 9.01. The third kappa shape index (κ3) is 3.46. The van der Waals surface area contributed by atoms with E-state index in [2.05, 4.69) is 15.9 Å². The summed E-state index contributed by atoms with van der Waals surface area (Å²) in [5, 5.41) is 10.6. The zero-order chi connectivity index (χ0) is 12.3. The van der Waals surface area contributed by atoms with Gasteiger partial charge in [-0.25, -0.2) is 0 Å². The molecule has 88 valence electrons. The van der Waals surface area contributed by atoms with Crippen molar-refractivity contribution >= 4 is 40.1 Å². The summed E-state index contributed by atoms with van der Waals surface area (Å²) < 4.78 is 6.51. The molecule has 1 aromatic rings. The van der Waals surface area contributed by atoms with Crippen LogP contribution in [0.5, 0.6) is 0 Å². The van der Waals surface area contributed by atoms with E-state index in [1.54, 1.807) is 24.3 Å². The first-order valence-corrected chi connectivity index (χ1v) is 6.45. The van der Waals surface area contributed by atoms with Gasteiger partial charge in [0.2, 0.25) is 0 Å². The fourth-order valence-electron chi connectivity index (χ4n) is 1.56. The van der Waals surface area contributed by atoms with Crippen molar-refractivity contribution in [3.8, 4) is 0 Å². The zero-order valence-corrected chi connectivity index (χ0v) is 11.4. The highest BCUT2D eigenvalue weighted by molar-refractivity contribution is 9.11. The maximum atomic E-state index is 9.94. The summed E-state index contributed by atoms with van der Waals surface area (Å²) in [6.45, 7) is 0. The Labute approximate surface area is 114 Å². The molecule has 0 bridgehead atoms. The predicted octanol–water partition coefficient (Wildman–Crippen LogP) is 2.65. The molecular weight excluding hydrogens is 302 g/mol. The van der Waals surface area contributed by atoms with Gasteiger partial charge in [-0.3, -0.25) is 0 Å². The quantitative estimate of drug-likeness (QED) is 0.869. The Morgan fingerprint density at radius 2 is 2.06 bits per heavy atom. The average molecular weight is 313 g/mol. The van der Waals surface area contributed by atoms with Gasteiger partial charge in [0, 0.05) is 9.51 Å². The van der Waals surface area contributed by atoms with Gasteiger partial charge in [0.05, 0.1) is 6.10 Å². The maximum Gasteiger partial charge on any atom is 0.491 e. The summed E-state index contributed by atoms with van der Waals surface area (Å²) in [6.07, 6.45) is 6.50. The number of rotatable bonds is 3. The fourth-order valence-corrected chi connectivity index (χ4v) is 2.14. The molecule has 1 aromatic carbocycles. The summed E-state index contributed by atoms with van der Waals surface area (Å²) in [5.41, 5.74) is 0.698. The van der Waals surface area contributed by atoms with Gasteiger partial charge in [-0.1, -0.05) is 51.8 Å². The Morgan fingerprint density at radius 3 is 2.71 bits per heavy atom. The van der Waals surface area contributed by atoms with Crippen molar-refractivity contribution in [3.05, 3.63) is 52.0 Å². The second-order valence-corrected chi connectivity index (χ2v) is 5.10. The van der Waals surface area contributed by atoms with E-state index in [1.165, 1.54) is 0 Å². The Bertz CT molecular complexity index is 444. The molecule has 0 amide bonds. The van der Waals surface area contributed by atoms with E-state index in [-0.39, 0.29) is 6.10 Å². The normalized spacial score (nSPS) is 19.0. The highest BCUT2D eigenvalue weighted by Crippen LogP contribution is 2.22. The highest BCUT2D eigenvalue weighted by Gasteiger charge is 2.23. The first kappa shape index (κ1) is 12.9. The molecule has 0 fully saturated rings. The first-order chi connectivity index (χ1) is 8.16. The van der Waals surface area contributed by atoms with Crippen LogP contribution in [-0.4, -0.2) is 18.2 Å². The molecule has 17 heavy (non-hydrogen) atoms. The van der Waals surface area contributed by atoms with Crippen molar-refractivity contribution in [2.75, 3.05) is 0 Å². The van der Waals surface area contributed by atoms with Crippen LogP contribution in [0.1, 0.15) is 6.42 Å². The Morgan fingerprint density at radius 1 is 1.35 bits per heavy atom. The van der Waals surface area contributed by atoms with E-state index in [1.807, 2.05) is 18.2 Å². The van der Waals surface area contributed by atoms with Gasteiger partial charge in [-0.2, -0.15) is 0 Å². The van der Waals surface area contributed by atoms with Crippen LogP contribution in [0.15, 0.2) is 47.0 Å². The topological polar surface area (TPSA) is 29.5 Å². The predicted molar refractivity (Wildman–Crippen MR) is 74.7 cm³/mol. The number of hydrogen-bond donors (Lipinski definition) is 1. The molecule has 0 spiro atoms. The monoisotopic (exact) mass is 312 g/mol. The number of benzene rings is 1. The maximum absolute atomic E-state index is 9.94. The minimum Gasteiger partial charge on any atom is -0.423 e. The van der Waals surface area contributed by atoms with E-state index < -0.39 is 7.12 Å². The van der Waals surface area contributed by atoms with Crippen molar-refractivity contribution in [1.29, 1.82) is 0 Å². The summed E-state index contributed by atoms with van der Waals surface area (Å²) in [4.78, 5) is 0. The molecule has 0 radical (unpaired) electrons. The number of allylic oxidation sites excluding steroid dienone is 2. The summed E-state index contributed by atoms with van der Waals surface area (Å²) in [5.74, 6) is 0. The molecule has 1 aliphatic rings. The van der Waals surface area contributed by atoms with Crippen molar-refractivity contribution < 1.29 is 9.68 Å². The van der Waals surface area contributed by atoms with Crippen molar-refractivity contribution in [2.24, 2.45) is 0 Å². The second-order valence-electron chi connectivity index (χ2n) is 3.74. The van der Waals surface area contributed by atoms with E-state index in [0.717, 1.165) is 10.9 Å². The SMILES string of the molecule is OB(OC1CC=CC=C1Br)c1ccc(Cl)cc1. The lowest BCUT2D eigenvalue weighted by molar-refractivity contribution is 0.213. The summed E-state index contributed by atoms with van der Waals surface area (Å²) in [6, 6.07) is 6.97. The largest absolute Gasteiger partial charge is 0.491 e. The number of halogens is 2. The van der Waals surface area contributed by atoms with Crippen molar-refractivity contribution in [1.82, 2.24) is 0 Å². The summed E-state index contributed by atoms with van der Waals surface area (Å²) in [7, 11) is -0.940. The molecule has 5 heteroatoms. The minimum atomic E-state index is -0.940. The Kier molecular flexibility index (Phi) is 4.45. The van der Waals surface area contributed by atoms with Crippen molar-refractivity contribution in [3.63, 3.8) is 0 Å². The smallest absolute Gasteiger partial charge is 0.423 e. The molecule has 0 saturated heterocycles. The van der Waals surface area contributed by atoms with Gasteiger partial charge in [0.15, 0.2) is 0 Å². The Balaban J connectivity index is 2.02. The molecule has 0 aromatic heterocycles. The average Bonchev–Trinajstić information content (AvgIpc) is 2.33. The standard InChI is InChI=1S/C12H11BBrClO2/c14-11-3-1-2-4-12(11)17-13(16)9-5-7-10(15)8-6-9/h1-3,5-8,12,16H,4H2. The molecule has 1 unspecified atom stereocenters. The van der Waals surface area contributed by atoms with Crippen LogP contribution >= 0.6 is 27.5 Å². The molecule has 0 aliphatic heterocycles. The van der Waals surface area contributed by atoms with Gasteiger partial charge in [-0.15, -0.1) is 0 Å². The van der Waals surface area contributed by atoms with Gasteiger partial charge >= 0.3 is 7.12 Å². The van der Waals surface area contributed by atoms with E-state index in [4.69, 9.17) is 16.3 Å². The van der Waals surface area contributed by atoms with Crippen LogP contribution in [0, 0.1) is 0 Å². The highest BCUT2D eigenvalue weighted by atomic mass is 79.9. The van der Waals surface area contributed by atoms with Gasteiger partial charge in [0.1, 0.15) is 0 Å². The van der Waals surface area contributed by atoms with Crippen LogP contribution < -0.4 is 5.46 Å². The first-order valence-electron chi connectivity index (χ1n) is 5.28. The number of hydrogen-bond acceptors (Lipinski definition) is 2. The second kappa shape index (κ2) is 5.87. The van der Waals surface area contributed by atoms with Crippen molar-refractivity contribution in [2.45, 2.75) is 12.5 Å². The minimum absolute atomic E-state index is 0.134. The van der Waals surface area contributed by atoms with Crippen LogP contribution in [0.3, 0.4) is 0 Å². The van der Waals surface area contributed by atoms with Gasteiger partial charge < -0.3 is 9.68 Å². The molecule has 1 aliphatic carbocycles. The third-order valence-electron chi connectivity index (χ3n) is 2.50.